The molecule has 0 N–H and O–H groups in total. The number of nitrogens with zero attached hydrogens (tertiary/aromatic N) is 1. The van der Waals surface area contributed by atoms with Crippen LogP contribution >= 0.6 is 0 Å². The Balaban J connectivity index is 1.74. The summed E-state index contributed by atoms with van der Waals surface area (Å²) in [5.74, 6) is 0.751. The Morgan fingerprint density at radius 1 is 1.12 bits per heavy atom. The van der Waals surface area contributed by atoms with Gasteiger partial charge in [0.2, 0.25) is 0 Å². The molecule has 0 aromatic heterocycles. The molecule has 1 aliphatic heterocycles. The first-order valence-electron chi connectivity index (χ1n) is 8.19. The Bertz CT molecular complexity index is 849. The number of para-hydroxylation sites is 1. The van der Waals surface area contributed by atoms with Gasteiger partial charge in [-0.1, -0.05) is 36.4 Å². The second kappa shape index (κ2) is 7.27. The molecule has 0 radical (unpaired) electrons. The molecule has 1 aliphatic rings. The lowest BCUT2D eigenvalue weighted by Crippen LogP contribution is -2.38. The van der Waals surface area contributed by atoms with Crippen molar-refractivity contribution in [2.45, 2.75) is 19.1 Å². The van der Waals surface area contributed by atoms with Crippen LogP contribution in [-0.2, 0) is 16.4 Å². The minimum atomic E-state index is -3.03. The zero-order valence-corrected chi connectivity index (χ0v) is 14.9. The third kappa shape index (κ3) is 4.20. The Morgan fingerprint density at radius 2 is 1.80 bits per heavy atom. The first kappa shape index (κ1) is 17.5. The van der Waals surface area contributed by atoms with Gasteiger partial charge in [-0.25, -0.2) is 8.42 Å². The summed E-state index contributed by atoms with van der Waals surface area (Å²) in [6, 6.07) is 16.4. The minimum Gasteiger partial charge on any atom is -0.489 e. The molecular weight excluding hydrogens is 338 g/mol. The number of hydrogen-bond donors (Lipinski definition) is 0. The van der Waals surface area contributed by atoms with Crippen LogP contribution in [0.3, 0.4) is 0 Å². The van der Waals surface area contributed by atoms with Gasteiger partial charge >= 0.3 is 0 Å². The van der Waals surface area contributed by atoms with Gasteiger partial charge in [0.15, 0.2) is 9.84 Å². The van der Waals surface area contributed by atoms with Crippen LogP contribution < -0.4 is 4.74 Å². The predicted molar refractivity (Wildman–Crippen MR) is 96.4 cm³/mol. The van der Waals surface area contributed by atoms with Crippen LogP contribution in [0.4, 0.5) is 0 Å². The molecule has 1 atom stereocenters. The van der Waals surface area contributed by atoms with Crippen LogP contribution in [-0.4, -0.2) is 43.8 Å². The molecule has 1 heterocycles. The maximum Gasteiger partial charge on any atom is 0.254 e. The van der Waals surface area contributed by atoms with E-state index in [0.717, 1.165) is 11.3 Å². The second-order valence-electron chi connectivity index (χ2n) is 6.23. The average Bonchev–Trinajstić information content (AvgIpc) is 3.00. The normalized spacial score (nSPS) is 18.7. The second-order valence-corrected chi connectivity index (χ2v) is 8.46. The quantitative estimate of drug-likeness (QED) is 0.823. The summed E-state index contributed by atoms with van der Waals surface area (Å²) < 4.78 is 29.1. The van der Waals surface area contributed by atoms with Crippen molar-refractivity contribution in [1.82, 2.24) is 4.90 Å². The molecule has 2 aromatic rings. The molecule has 1 saturated heterocycles. The molecule has 1 unspecified atom stereocenters. The summed E-state index contributed by atoms with van der Waals surface area (Å²) in [6.45, 7) is 0.280. The number of carbonyl (C=O) groups excluding carboxylic acids is 1. The number of carbonyl (C=O) groups is 1. The summed E-state index contributed by atoms with van der Waals surface area (Å²) in [7, 11) is -1.36. The van der Waals surface area contributed by atoms with E-state index in [2.05, 4.69) is 0 Å². The van der Waals surface area contributed by atoms with Crippen molar-refractivity contribution < 1.29 is 17.9 Å². The first-order valence-corrected chi connectivity index (χ1v) is 10.0. The van der Waals surface area contributed by atoms with E-state index in [0.29, 0.717) is 12.0 Å². The van der Waals surface area contributed by atoms with Crippen molar-refractivity contribution >= 4 is 15.7 Å². The molecular formula is C19H21NO4S. The van der Waals surface area contributed by atoms with E-state index in [9.17, 15) is 13.2 Å². The van der Waals surface area contributed by atoms with E-state index in [1.165, 1.54) is 0 Å². The maximum atomic E-state index is 12.9. The summed E-state index contributed by atoms with van der Waals surface area (Å²) in [4.78, 5) is 14.4. The zero-order chi connectivity index (χ0) is 17.9. The molecule has 5 nitrogen and oxygen atoms in total. The molecule has 1 fully saturated rings. The zero-order valence-electron chi connectivity index (χ0n) is 14.1. The van der Waals surface area contributed by atoms with E-state index in [4.69, 9.17) is 4.74 Å². The number of hydrogen-bond acceptors (Lipinski definition) is 4. The van der Waals surface area contributed by atoms with Crippen molar-refractivity contribution in [2.75, 3.05) is 18.6 Å². The molecule has 0 aliphatic carbocycles. The SMILES string of the molecule is CN(C(=O)c1ccccc1COc1ccccc1)C1CCS(=O)(=O)C1. The van der Waals surface area contributed by atoms with Gasteiger partial charge in [-0.15, -0.1) is 0 Å². The highest BCUT2D eigenvalue weighted by molar-refractivity contribution is 7.91. The molecule has 3 rings (SSSR count). The van der Waals surface area contributed by atoms with Gasteiger partial charge in [-0.3, -0.25) is 4.79 Å². The van der Waals surface area contributed by atoms with Gasteiger partial charge in [0.1, 0.15) is 12.4 Å². The number of sulfone groups is 1. The molecule has 0 bridgehead atoms. The average molecular weight is 359 g/mol. The number of amides is 1. The third-order valence-corrected chi connectivity index (χ3v) is 6.21. The lowest BCUT2D eigenvalue weighted by Gasteiger charge is -2.24. The van der Waals surface area contributed by atoms with Gasteiger partial charge in [0.05, 0.1) is 11.5 Å². The van der Waals surface area contributed by atoms with Gasteiger partial charge in [-0.2, -0.15) is 0 Å². The number of rotatable bonds is 5. The number of ether oxygens (including phenoxy) is 1. The van der Waals surface area contributed by atoms with E-state index < -0.39 is 9.84 Å². The molecule has 25 heavy (non-hydrogen) atoms. The Kier molecular flexibility index (Phi) is 5.08. The first-order chi connectivity index (χ1) is 12.0. The summed E-state index contributed by atoms with van der Waals surface area (Å²) in [6.07, 6.45) is 0.493. The largest absolute Gasteiger partial charge is 0.489 e. The van der Waals surface area contributed by atoms with Gasteiger partial charge in [0, 0.05) is 24.2 Å². The summed E-state index contributed by atoms with van der Waals surface area (Å²) >= 11 is 0. The van der Waals surface area contributed by atoms with Gasteiger partial charge in [0.25, 0.3) is 5.91 Å². The Hall–Kier alpha value is -2.34. The Labute approximate surface area is 148 Å². The van der Waals surface area contributed by atoms with E-state index in [1.54, 1.807) is 24.1 Å². The molecule has 132 valence electrons. The van der Waals surface area contributed by atoms with Crippen molar-refractivity contribution in [3.63, 3.8) is 0 Å². The lowest BCUT2D eigenvalue weighted by atomic mass is 10.1. The minimum absolute atomic E-state index is 0.0396. The Morgan fingerprint density at radius 3 is 2.48 bits per heavy atom. The fourth-order valence-electron chi connectivity index (χ4n) is 2.97. The standard InChI is InChI=1S/C19H21NO4S/c1-20(16-11-12-25(22,23)14-16)19(21)18-10-6-5-7-15(18)13-24-17-8-3-2-4-9-17/h2-10,16H,11-14H2,1H3. The van der Waals surface area contributed by atoms with Crippen molar-refractivity contribution in [1.29, 1.82) is 0 Å². The molecule has 6 heteroatoms. The van der Waals surface area contributed by atoms with Crippen LogP contribution in [0.15, 0.2) is 54.6 Å². The van der Waals surface area contributed by atoms with Crippen LogP contribution in [0.2, 0.25) is 0 Å². The molecule has 1 amide bonds. The maximum absolute atomic E-state index is 12.9. The van der Waals surface area contributed by atoms with Crippen molar-refractivity contribution in [2.24, 2.45) is 0 Å². The monoisotopic (exact) mass is 359 g/mol. The van der Waals surface area contributed by atoms with Gasteiger partial charge < -0.3 is 9.64 Å². The smallest absolute Gasteiger partial charge is 0.254 e. The van der Waals surface area contributed by atoms with Crippen LogP contribution in [0, 0.1) is 0 Å². The molecule has 0 spiro atoms. The summed E-state index contributed by atoms with van der Waals surface area (Å²) in [5.41, 5.74) is 1.33. The highest BCUT2D eigenvalue weighted by Gasteiger charge is 2.33. The van der Waals surface area contributed by atoms with E-state index in [1.807, 2.05) is 42.5 Å². The number of benzene rings is 2. The van der Waals surface area contributed by atoms with E-state index in [-0.39, 0.29) is 30.1 Å². The fraction of sp³-hybridized carbons (Fsp3) is 0.316. The van der Waals surface area contributed by atoms with Crippen LogP contribution in [0.5, 0.6) is 5.75 Å². The third-order valence-electron chi connectivity index (χ3n) is 4.46. The lowest BCUT2D eigenvalue weighted by molar-refractivity contribution is 0.0745. The van der Waals surface area contributed by atoms with Gasteiger partial charge in [-0.05, 0) is 24.6 Å². The predicted octanol–water partition coefficient (Wildman–Crippen LogP) is 2.52. The molecule has 2 aromatic carbocycles. The highest BCUT2D eigenvalue weighted by atomic mass is 32.2. The van der Waals surface area contributed by atoms with Crippen LogP contribution in [0.25, 0.3) is 0 Å². The topological polar surface area (TPSA) is 63.7 Å². The van der Waals surface area contributed by atoms with Crippen molar-refractivity contribution in [3.05, 3.63) is 65.7 Å². The summed E-state index contributed by atoms with van der Waals surface area (Å²) in [5, 5.41) is 0. The fourth-order valence-corrected chi connectivity index (χ4v) is 4.74. The van der Waals surface area contributed by atoms with E-state index >= 15 is 0 Å². The molecule has 0 saturated carbocycles. The highest BCUT2D eigenvalue weighted by Crippen LogP contribution is 2.21. The van der Waals surface area contributed by atoms with Crippen LogP contribution in [0.1, 0.15) is 22.3 Å². The van der Waals surface area contributed by atoms with Crippen molar-refractivity contribution in [3.8, 4) is 5.75 Å².